The number of aromatic nitrogens is 1. The van der Waals surface area contributed by atoms with E-state index in [4.69, 9.17) is 5.73 Å². The van der Waals surface area contributed by atoms with Gasteiger partial charge in [-0.15, -0.1) is 0 Å². The second kappa shape index (κ2) is 4.77. The Labute approximate surface area is 90.8 Å². The van der Waals surface area contributed by atoms with Crippen molar-refractivity contribution >= 4 is 17.7 Å². The average Bonchev–Trinajstić information content (AvgIpc) is 2.21. The first-order valence-electron chi connectivity index (χ1n) is 5.02. The minimum absolute atomic E-state index is 0.687. The van der Waals surface area contributed by atoms with Gasteiger partial charge in [0.1, 0.15) is 0 Å². The van der Waals surface area contributed by atoms with E-state index in [0.717, 1.165) is 23.6 Å². The number of hydrogen-bond acceptors (Lipinski definition) is 3. The van der Waals surface area contributed by atoms with Crippen molar-refractivity contribution in [3.63, 3.8) is 0 Å². The molecule has 0 unspecified atom stereocenters. The summed E-state index contributed by atoms with van der Waals surface area (Å²) in [6.45, 7) is 6.83. The number of pyridine rings is 1. The third-order valence-corrected chi connectivity index (χ3v) is 2.31. The van der Waals surface area contributed by atoms with E-state index in [9.17, 15) is 0 Å². The van der Waals surface area contributed by atoms with Crippen LogP contribution in [0.3, 0.4) is 0 Å². The lowest BCUT2D eigenvalue weighted by Crippen LogP contribution is -2.14. The summed E-state index contributed by atoms with van der Waals surface area (Å²) in [5.41, 5.74) is 9.06. The van der Waals surface area contributed by atoms with Gasteiger partial charge in [0.15, 0.2) is 0 Å². The molecule has 1 aromatic heterocycles. The Morgan fingerprint density at radius 3 is 2.73 bits per heavy atom. The highest BCUT2D eigenvalue weighted by Crippen LogP contribution is 2.21. The van der Waals surface area contributed by atoms with Gasteiger partial charge in [0, 0.05) is 13.6 Å². The van der Waals surface area contributed by atoms with E-state index < -0.39 is 0 Å². The van der Waals surface area contributed by atoms with Gasteiger partial charge in [0.05, 0.1) is 29.1 Å². The maximum Gasteiger partial charge on any atom is 0.0910 e. The lowest BCUT2D eigenvalue weighted by atomic mass is 10.2. The Hall–Kier alpha value is -1.58. The van der Waals surface area contributed by atoms with Crippen molar-refractivity contribution in [1.82, 2.24) is 9.88 Å². The fourth-order valence-corrected chi connectivity index (χ4v) is 1.10. The van der Waals surface area contributed by atoms with Crippen molar-refractivity contribution in [3.8, 4) is 0 Å². The molecule has 1 rings (SSSR count). The summed E-state index contributed by atoms with van der Waals surface area (Å²) in [6, 6.07) is 1.86. The van der Waals surface area contributed by atoms with Crippen molar-refractivity contribution in [2.24, 2.45) is 4.99 Å². The zero-order chi connectivity index (χ0) is 11.4. The number of anilines is 1. The fourth-order valence-electron chi connectivity index (χ4n) is 1.10. The van der Waals surface area contributed by atoms with Crippen molar-refractivity contribution < 1.29 is 0 Å². The van der Waals surface area contributed by atoms with Gasteiger partial charge in [-0.2, -0.15) is 0 Å². The number of rotatable bonds is 3. The maximum absolute atomic E-state index is 5.78. The van der Waals surface area contributed by atoms with Gasteiger partial charge in [-0.25, -0.2) is 4.99 Å². The minimum atomic E-state index is 0.687. The Kier molecular flexibility index (Phi) is 3.66. The van der Waals surface area contributed by atoms with Crippen LogP contribution in [0.25, 0.3) is 0 Å². The molecule has 1 aromatic rings. The van der Waals surface area contributed by atoms with Crippen LogP contribution in [0.15, 0.2) is 11.1 Å². The van der Waals surface area contributed by atoms with Crippen LogP contribution in [0.2, 0.25) is 0 Å². The van der Waals surface area contributed by atoms with E-state index >= 15 is 0 Å². The highest BCUT2D eigenvalue weighted by atomic mass is 15.1. The molecule has 1 heterocycles. The van der Waals surface area contributed by atoms with Gasteiger partial charge in [0.25, 0.3) is 0 Å². The molecule has 0 amide bonds. The predicted molar refractivity (Wildman–Crippen MR) is 64.6 cm³/mol. The number of aryl methyl sites for hydroxylation is 2. The zero-order valence-corrected chi connectivity index (χ0v) is 9.78. The summed E-state index contributed by atoms with van der Waals surface area (Å²) in [5, 5.41) is 0. The smallest absolute Gasteiger partial charge is 0.0910 e. The number of hydrogen-bond donors (Lipinski definition) is 1. The second-order valence-electron chi connectivity index (χ2n) is 3.59. The molecule has 2 N–H and O–H groups in total. The van der Waals surface area contributed by atoms with Crippen LogP contribution < -0.4 is 5.73 Å². The van der Waals surface area contributed by atoms with Crippen molar-refractivity contribution in [2.75, 3.05) is 19.3 Å². The molecule has 0 bridgehead atoms. The van der Waals surface area contributed by atoms with Crippen molar-refractivity contribution in [2.45, 2.75) is 20.8 Å². The monoisotopic (exact) mass is 206 g/mol. The quantitative estimate of drug-likeness (QED) is 0.607. The Balaban J connectivity index is 2.95. The molecule has 0 saturated heterocycles. The summed E-state index contributed by atoms with van der Waals surface area (Å²) in [6.07, 6.45) is 1.79. The molecule has 0 saturated carbocycles. The summed E-state index contributed by atoms with van der Waals surface area (Å²) < 4.78 is 0. The van der Waals surface area contributed by atoms with Gasteiger partial charge in [0.2, 0.25) is 0 Å². The first kappa shape index (κ1) is 11.5. The summed E-state index contributed by atoms with van der Waals surface area (Å²) in [4.78, 5) is 10.7. The highest BCUT2D eigenvalue weighted by Gasteiger charge is 2.01. The van der Waals surface area contributed by atoms with Crippen molar-refractivity contribution in [3.05, 3.63) is 17.5 Å². The van der Waals surface area contributed by atoms with E-state index in [2.05, 4.69) is 16.9 Å². The minimum Gasteiger partial charge on any atom is -0.397 e. The van der Waals surface area contributed by atoms with Crippen LogP contribution in [0.4, 0.5) is 11.4 Å². The summed E-state index contributed by atoms with van der Waals surface area (Å²) in [5.74, 6) is 0. The molecule has 0 atom stereocenters. The third kappa shape index (κ3) is 2.94. The van der Waals surface area contributed by atoms with E-state index in [1.807, 2.05) is 31.9 Å². The SMILES string of the molecule is CCN(C)C=Nc1cc(N)c(C)nc1C. The van der Waals surface area contributed by atoms with Crippen LogP contribution in [0, 0.1) is 13.8 Å². The lowest BCUT2D eigenvalue weighted by molar-refractivity contribution is 0.552. The fraction of sp³-hybridized carbons (Fsp3) is 0.455. The topological polar surface area (TPSA) is 54.5 Å². The molecular formula is C11H18N4. The predicted octanol–water partition coefficient (Wildman–Crippen LogP) is 1.89. The van der Waals surface area contributed by atoms with E-state index in [1.54, 1.807) is 6.34 Å². The van der Waals surface area contributed by atoms with Gasteiger partial charge in [-0.1, -0.05) is 0 Å². The van der Waals surface area contributed by atoms with Crippen molar-refractivity contribution in [1.29, 1.82) is 0 Å². The normalized spacial score (nSPS) is 10.9. The Bertz CT molecular complexity index is 371. The third-order valence-electron chi connectivity index (χ3n) is 2.31. The molecule has 0 aliphatic carbocycles. The van der Waals surface area contributed by atoms with Gasteiger partial charge < -0.3 is 10.6 Å². The van der Waals surface area contributed by atoms with E-state index in [0.29, 0.717) is 5.69 Å². The van der Waals surface area contributed by atoms with E-state index in [1.165, 1.54) is 0 Å². The zero-order valence-electron chi connectivity index (χ0n) is 9.78. The number of nitrogen functional groups attached to an aromatic ring is 1. The number of nitrogens with zero attached hydrogens (tertiary/aromatic N) is 3. The van der Waals surface area contributed by atoms with Gasteiger partial charge in [-0.05, 0) is 26.8 Å². The molecular weight excluding hydrogens is 188 g/mol. The van der Waals surface area contributed by atoms with Crippen LogP contribution >= 0.6 is 0 Å². The van der Waals surface area contributed by atoms with Crippen LogP contribution in [0.1, 0.15) is 18.3 Å². The molecule has 0 aliphatic rings. The summed E-state index contributed by atoms with van der Waals surface area (Å²) in [7, 11) is 1.98. The van der Waals surface area contributed by atoms with Crippen LogP contribution in [-0.2, 0) is 0 Å². The van der Waals surface area contributed by atoms with Crippen LogP contribution in [-0.4, -0.2) is 29.8 Å². The summed E-state index contributed by atoms with van der Waals surface area (Å²) >= 11 is 0. The molecule has 0 fully saturated rings. The van der Waals surface area contributed by atoms with Crippen LogP contribution in [0.5, 0.6) is 0 Å². The van der Waals surface area contributed by atoms with E-state index in [-0.39, 0.29) is 0 Å². The number of aliphatic imine (C=N–C) groups is 1. The first-order valence-corrected chi connectivity index (χ1v) is 5.02. The molecule has 82 valence electrons. The maximum atomic E-state index is 5.78. The Morgan fingerprint density at radius 2 is 2.13 bits per heavy atom. The molecule has 0 aromatic carbocycles. The largest absolute Gasteiger partial charge is 0.397 e. The average molecular weight is 206 g/mol. The molecule has 0 spiro atoms. The first-order chi connectivity index (χ1) is 7.04. The highest BCUT2D eigenvalue weighted by molar-refractivity contribution is 5.65. The lowest BCUT2D eigenvalue weighted by Gasteiger charge is -2.09. The molecule has 15 heavy (non-hydrogen) atoms. The standard InChI is InChI=1S/C11H18N4/c1-5-15(4)7-13-11-6-10(12)8(2)14-9(11)3/h6-7H,5,12H2,1-4H3. The van der Waals surface area contributed by atoms with Gasteiger partial charge >= 0.3 is 0 Å². The second-order valence-corrected chi connectivity index (χ2v) is 3.59. The molecule has 0 aliphatic heterocycles. The number of nitrogens with two attached hydrogens (primary N) is 1. The Morgan fingerprint density at radius 1 is 1.47 bits per heavy atom. The molecule has 4 heteroatoms. The molecule has 4 nitrogen and oxygen atoms in total. The molecule has 0 radical (unpaired) electrons. The van der Waals surface area contributed by atoms with Gasteiger partial charge in [-0.3, -0.25) is 4.98 Å².